The standard InChI is InChI=1S/C34H28Cl2N2O3/c1-3-38-21-32(30-16-15-28(35)20-31(30)36)37-33(38)17-12-23-6-4-7-26(18-23)27-8-5-9-29(19-27)41-22-24-10-13-25(14-11-24)34(39)40-2/h4-21H,3,22H2,1-2H3. The molecule has 0 unspecified atom stereocenters. The summed E-state index contributed by atoms with van der Waals surface area (Å²) in [6.45, 7) is 3.25. The second-order valence-electron chi connectivity index (χ2n) is 9.36. The van der Waals surface area contributed by atoms with Crippen molar-refractivity contribution < 1.29 is 14.3 Å². The molecular weight excluding hydrogens is 555 g/mol. The molecule has 5 aromatic rings. The van der Waals surface area contributed by atoms with Crippen LogP contribution in [-0.4, -0.2) is 22.6 Å². The third-order valence-electron chi connectivity index (χ3n) is 6.61. The van der Waals surface area contributed by atoms with Crippen molar-refractivity contribution in [1.29, 1.82) is 0 Å². The molecular formula is C34H28Cl2N2O3. The molecule has 0 aliphatic carbocycles. The number of imidazole rings is 1. The molecule has 1 aromatic heterocycles. The molecule has 0 atom stereocenters. The predicted molar refractivity (Wildman–Crippen MR) is 166 cm³/mol. The van der Waals surface area contributed by atoms with Gasteiger partial charge in [-0.25, -0.2) is 9.78 Å². The molecule has 0 radical (unpaired) electrons. The molecule has 0 aliphatic heterocycles. The molecule has 0 fully saturated rings. The lowest BCUT2D eigenvalue weighted by atomic mass is 10.0. The monoisotopic (exact) mass is 582 g/mol. The zero-order chi connectivity index (χ0) is 28.8. The van der Waals surface area contributed by atoms with E-state index in [0.29, 0.717) is 22.2 Å². The van der Waals surface area contributed by atoms with Crippen LogP contribution >= 0.6 is 23.2 Å². The number of ether oxygens (including phenoxy) is 2. The Hall–Kier alpha value is -4.32. The first-order valence-electron chi connectivity index (χ1n) is 13.1. The van der Waals surface area contributed by atoms with Gasteiger partial charge in [-0.2, -0.15) is 0 Å². The summed E-state index contributed by atoms with van der Waals surface area (Å²) < 4.78 is 12.9. The van der Waals surface area contributed by atoms with Crippen molar-refractivity contribution in [1.82, 2.24) is 9.55 Å². The van der Waals surface area contributed by atoms with E-state index in [1.54, 1.807) is 18.2 Å². The Morgan fingerprint density at radius 3 is 2.39 bits per heavy atom. The molecule has 0 spiro atoms. The van der Waals surface area contributed by atoms with E-state index < -0.39 is 0 Å². The number of halogens is 2. The SMILES string of the molecule is CCn1cc(-c2ccc(Cl)cc2Cl)nc1C=Cc1cccc(-c2cccc(OCc3ccc(C(=O)OC)cc3)c2)c1. The molecule has 0 saturated heterocycles. The van der Waals surface area contributed by atoms with Crippen LogP contribution in [0.25, 0.3) is 34.5 Å². The minimum atomic E-state index is -0.356. The van der Waals surface area contributed by atoms with E-state index in [-0.39, 0.29) is 5.97 Å². The topological polar surface area (TPSA) is 53.4 Å². The van der Waals surface area contributed by atoms with E-state index in [1.165, 1.54) is 7.11 Å². The van der Waals surface area contributed by atoms with Crippen molar-refractivity contribution in [3.63, 3.8) is 0 Å². The third kappa shape index (κ3) is 6.88. The molecule has 4 aromatic carbocycles. The normalized spacial score (nSPS) is 11.1. The van der Waals surface area contributed by atoms with E-state index >= 15 is 0 Å². The molecule has 0 aliphatic rings. The highest BCUT2D eigenvalue weighted by Crippen LogP contribution is 2.30. The summed E-state index contributed by atoms with van der Waals surface area (Å²) in [5.41, 5.74) is 6.30. The Kier molecular flexibility index (Phi) is 8.88. The lowest BCUT2D eigenvalue weighted by molar-refractivity contribution is 0.0600. The predicted octanol–water partition coefficient (Wildman–Crippen LogP) is 9.08. The number of carbonyl (C=O) groups is 1. The maximum Gasteiger partial charge on any atom is 0.337 e. The van der Waals surface area contributed by atoms with Gasteiger partial charge in [0.1, 0.15) is 18.2 Å². The largest absolute Gasteiger partial charge is 0.489 e. The van der Waals surface area contributed by atoms with Crippen LogP contribution in [0.2, 0.25) is 10.0 Å². The van der Waals surface area contributed by atoms with Gasteiger partial charge < -0.3 is 14.0 Å². The van der Waals surface area contributed by atoms with Crippen molar-refractivity contribution in [2.24, 2.45) is 0 Å². The van der Waals surface area contributed by atoms with E-state index in [0.717, 1.165) is 51.6 Å². The lowest BCUT2D eigenvalue weighted by Crippen LogP contribution is -2.02. The Morgan fingerprint density at radius 1 is 0.902 bits per heavy atom. The van der Waals surface area contributed by atoms with Gasteiger partial charge in [0.2, 0.25) is 0 Å². The van der Waals surface area contributed by atoms with Crippen LogP contribution in [0.1, 0.15) is 34.2 Å². The number of esters is 1. The van der Waals surface area contributed by atoms with Gasteiger partial charge >= 0.3 is 5.97 Å². The summed E-state index contributed by atoms with van der Waals surface area (Å²) in [4.78, 5) is 16.5. The van der Waals surface area contributed by atoms with Crippen molar-refractivity contribution in [3.05, 3.63) is 130 Å². The number of hydrogen-bond acceptors (Lipinski definition) is 4. The van der Waals surface area contributed by atoms with Crippen LogP contribution in [0.5, 0.6) is 5.75 Å². The second kappa shape index (κ2) is 12.9. The first-order chi connectivity index (χ1) is 19.9. The highest BCUT2D eigenvalue weighted by Gasteiger charge is 2.11. The van der Waals surface area contributed by atoms with Crippen LogP contribution in [-0.2, 0) is 17.9 Å². The minimum Gasteiger partial charge on any atom is -0.489 e. The number of aromatic nitrogens is 2. The number of nitrogens with zero attached hydrogens (tertiary/aromatic N) is 2. The maximum absolute atomic E-state index is 11.6. The minimum absolute atomic E-state index is 0.356. The van der Waals surface area contributed by atoms with E-state index in [2.05, 4.69) is 41.8 Å². The average Bonchev–Trinajstić information content (AvgIpc) is 3.42. The smallest absolute Gasteiger partial charge is 0.337 e. The molecule has 0 saturated carbocycles. The number of aryl methyl sites for hydroxylation is 1. The Labute approximate surface area is 249 Å². The summed E-state index contributed by atoms with van der Waals surface area (Å²) in [7, 11) is 1.37. The fourth-order valence-electron chi connectivity index (χ4n) is 4.42. The van der Waals surface area contributed by atoms with Gasteiger partial charge in [-0.3, -0.25) is 0 Å². The molecule has 5 nitrogen and oxygen atoms in total. The summed E-state index contributed by atoms with van der Waals surface area (Å²) in [5.74, 6) is 1.25. The van der Waals surface area contributed by atoms with Crippen molar-refractivity contribution in [2.75, 3.05) is 7.11 Å². The Morgan fingerprint density at radius 2 is 1.66 bits per heavy atom. The zero-order valence-electron chi connectivity index (χ0n) is 22.7. The van der Waals surface area contributed by atoms with Crippen molar-refractivity contribution >= 4 is 41.3 Å². The van der Waals surface area contributed by atoms with Gasteiger partial charge in [0.15, 0.2) is 0 Å². The molecule has 0 amide bonds. The molecule has 7 heteroatoms. The third-order valence-corrected chi connectivity index (χ3v) is 7.16. The average molecular weight is 584 g/mol. The fourth-order valence-corrected chi connectivity index (χ4v) is 4.93. The molecule has 5 rings (SSSR count). The molecule has 0 N–H and O–H groups in total. The number of benzene rings is 4. The number of carbonyl (C=O) groups excluding carboxylic acids is 1. The van der Waals surface area contributed by atoms with E-state index in [4.69, 9.17) is 37.7 Å². The van der Waals surface area contributed by atoms with Crippen LogP contribution in [0.15, 0.2) is 97.2 Å². The van der Waals surface area contributed by atoms with Gasteiger partial charge in [0.25, 0.3) is 0 Å². The van der Waals surface area contributed by atoms with Gasteiger partial charge in [0.05, 0.1) is 23.4 Å². The van der Waals surface area contributed by atoms with Crippen molar-refractivity contribution in [3.8, 4) is 28.1 Å². The van der Waals surface area contributed by atoms with Gasteiger partial charge in [-0.05, 0) is 83.8 Å². The van der Waals surface area contributed by atoms with E-state index in [1.807, 2.05) is 60.8 Å². The fraction of sp³-hybridized carbons (Fsp3) is 0.118. The number of methoxy groups -OCH3 is 1. The second-order valence-corrected chi connectivity index (χ2v) is 10.2. The number of hydrogen-bond donors (Lipinski definition) is 0. The molecule has 41 heavy (non-hydrogen) atoms. The zero-order valence-corrected chi connectivity index (χ0v) is 24.2. The summed E-state index contributed by atoms with van der Waals surface area (Å²) in [6, 6.07) is 29.0. The van der Waals surface area contributed by atoms with Crippen LogP contribution in [0.3, 0.4) is 0 Å². The quantitative estimate of drug-likeness (QED) is 0.163. The molecule has 0 bridgehead atoms. The maximum atomic E-state index is 11.6. The Balaban J connectivity index is 1.30. The molecule has 206 valence electrons. The van der Waals surface area contributed by atoms with Crippen molar-refractivity contribution in [2.45, 2.75) is 20.1 Å². The van der Waals surface area contributed by atoms with Crippen LogP contribution in [0.4, 0.5) is 0 Å². The summed E-state index contributed by atoms with van der Waals surface area (Å²) in [6.07, 6.45) is 6.08. The van der Waals surface area contributed by atoms with Gasteiger partial charge in [-0.15, -0.1) is 0 Å². The highest BCUT2D eigenvalue weighted by molar-refractivity contribution is 6.36. The summed E-state index contributed by atoms with van der Waals surface area (Å²) >= 11 is 12.5. The lowest BCUT2D eigenvalue weighted by Gasteiger charge is -2.09. The summed E-state index contributed by atoms with van der Waals surface area (Å²) in [5, 5.41) is 1.17. The van der Waals surface area contributed by atoms with Crippen LogP contribution < -0.4 is 4.74 Å². The van der Waals surface area contributed by atoms with Gasteiger partial charge in [0, 0.05) is 23.3 Å². The molecule has 1 heterocycles. The first kappa shape index (κ1) is 28.2. The Bertz CT molecular complexity index is 1710. The van der Waals surface area contributed by atoms with E-state index in [9.17, 15) is 4.79 Å². The highest BCUT2D eigenvalue weighted by atomic mass is 35.5. The number of rotatable bonds is 9. The first-order valence-corrected chi connectivity index (χ1v) is 13.9. The van der Waals surface area contributed by atoms with Gasteiger partial charge in [-0.1, -0.05) is 71.7 Å². The van der Waals surface area contributed by atoms with Crippen LogP contribution in [0, 0.1) is 0 Å².